The fraction of sp³-hybridized carbons (Fsp3) is 0.250. The normalized spacial score (nSPS) is 20.2. The molecule has 0 aromatic heterocycles. The second-order valence-corrected chi connectivity index (χ2v) is 7.38. The Morgan fingerprint density at radius 3 is 2.50 bits per heavy atom. The first-order valence-electron chi connectivity index (χ1n) is 9.07. The van der Waals surface area contributed by atoms with Crippen molar-refractivity contribution in [1.82, 2.24) is 10.2 Å². The zero-order valence-corrected chi connectivity index (χ0v) is 16.6. The Balaban J connectivity index is 1.49. The molecule has 10 heteroatoms. The molecule has 2 aliphatic heterocycles. The Kier molecular flexibility index (Phi) is 4.98. The van der Waals surface area contributed by atoms with Crippen molar-refractivity contribution in [2.45, 2.75) is 12.5 Å². The maximum absolute atomic E-state index is 13.2. The average Bonchev–Trinajstić information content (AvgIpc) is 2.93. The summed E-state index contributed by atoms with van der Waals surface area (Å²) in [5.74, 6) is -0.817. The van der Waals surface area contributed by atoms with Crippen molar-refractivity contribution in [3.05, 3.63) is 52.8 Å². The Morgan fingerprint density at radius 1 is 1.20 bits per heavy atom. The van der Waals surface area contributed by atoms with E-state index in [0.29, 0.717) is 30.3 Å². The van der Waals surface area contributed by atoms with Crippen LogP contribution in [-0.2, 0) is 15.1 Å². The molecule has 0 spiro atoms. The van der Waals surface area contributed by atoms with Crippen LogP contribution in [0.3, 0.4) is 0 Å². The molecule has 156 valence electrons. The van der Waals surface area contributed by atoms with Gasteiger partial charge in [-0.2, -0.15) is 0 Å². The number of benzene rings is 2. The van der Waals surface area contributed by atoms with Crippen LogP contribution in [0, 0.1) is 5.82 Å². The number of carbonyl (C=O) groups is 3. The van der Waals surface area contributed by atoms with Crippen LogP contribution in [0.4, 0.5) is 14.9 Å². The minimum absolute atomic E-state index is 0.223. The van der Waals surface area contributed by atoms with Gasteiger partial charge in [-0.15, -0.1) is 0 Å². The van der Waals surface area contributed by atoms with Gasteiger partial charge in [-0.1, -0.05) is 23.7 Å². The molecule has 0 bridgehead atoms. The number of halogens is 2. The van der Waals surface area contributed by atoms with Crippen LogP contribution >= 0.6 is 11.6 Å². The lowest BCUT2D eigenvalue weighted by Gasteiger charge is -2.22. The summed E-state index contributed by atoms with van der Waals surface area (Å²) < 4.78 is 24.1. The standard InChI is InChI=1S/C20H17ClFN3O5/c1-20(11-2-4-12(22)5-3-11)18(27)25(19(28)24-20)10-17(26)23-14-9-16-15(8-13(14)21)29-6-7-30-16/h2-5,8-9H,6-7,10H2,1H3,(H,23,26)(H,24,28). The van der Waals surface area contributed by atoms with E-state index in [9.17, 15) is 18.8 Å². The number of anilines is 1. The van der Waals surface area contributed by atoms with Gasteiger partial charge in [0.1, 0.15) is 31.1 Å². The molecule has 1 saturated heterocycles. The van der Waals surface area contributed by atoms with Crippen LogP contribution < -0.4 is 20.1 Å². The average molecular weight is 434 g/mol. The summed E-state index contributed by atoms with van der Waals surface area (Å²) in [7, 11) is 0. The van der Waals surface area contributed by atoms with Gasteiger partial charge in [0.25, 0.3) is 5.91 Å². The lowest BCUT2D eigenvalue weighted by atomic mass is 9.92. The van der Waals surface area contributed by atoms with Gasteiger partial charge in [-0.25, -0.2) is 9.18 Å². The Morgan fingerprint density at radius 2 is 1.83 bits per heavy atom. The van der Waals surface area contributed by atoms with E-state index in [1.165, 1.54) is 43.3 Å². The summed E-state index contributed by atoms with van der Waals surface area (Å²) in [6, 6.07) is 7.51. The molecule has 1 unspecified atom stereocenters. The zero-order valence-electron chi connectivity index (χ0n) is 15.8. The van der Waals surface area contributed by atoms with E-state index in [2.05, 4.69) is 10.6 Å². The van der Waals surface area contributed by atoms with Gasteiger partial charge >= 0.3 is 6.03 Å². The Hall–Kier alpha value is -3.33. The van der Waals surface area contributed by atoms with E-state index in [4.69, 9.17) is 21.1 Å². The summed E-state index contributed by atoms with van der Waals surface area (Å²) >= 11 is 6.18. The van der Waals surface area contributed by atoms with Gasteiger partial charge in [0, 0.05) is 12.1 Å². The molecule has 2 heterocycles. The van der Waals surface area contributed by atoms with Crippen LogP contribution in [0.25, 0.3) is 0 Å². The van der Waals surface area contributed by atoms with Gasteiger partial charge < -0.3 is 20.1 Å². The molecule has 2 aliphatic rings. The van der Waals surface area contributed by atoms with Gasteiger partial charge in [0.2, 0.25) is 5.91 Å². The third kappa shape index (κ3) is 3.52. The number of carbonyl (C=O) groups excluding carboxylic acids is 3. The maximum atomic E-state index is 13.2. The van der Waals surface area contributed by atoms with Crippen molar-refractivity contribution < 1.29 is 28.2 Å². The molecule has 0 aliphatic carbocycles. The predicted molar refractivity (Wildman–Crippen MR) is 105 cm³/mol. The summed E-state index contributed by atoms with van der Waals surface area (Å²) in [4.78, 5) is 38.5. The molecule has 0 radical (unpaired) electrons. The van der Waals surface area contributed by atoms with Crippen LogP contribution in [0.2, 0.25) is 5.02 Å². The molecule has 1 atom stereocenters. The molecule has 0 saturated carbocycles. The van der Waals surface area contributed by atoms with Crippen molar-refractivity contribution >= 4 is 35.1 Å². The summed E-state index contributed by atoms with van der Waals surface area (Å²) in [5, 5.41) is 5.36. The molecular formula is C20H17ClFN3O5. The largest absolute Gasteiger partial charge is 0.486 e. The number of ether oxygens (including phenoxy) is 2. The van der Waals surface area contributed by atoms with E-state index >= 15 is 0 Å². The second-order valence-electron chi connectivity index (χ2n) is 6.98. The smallest absolute Gasteiger partial charge is 0.325 e. The number of nitrogens with zero attached hydrogens (tertiary/aromatic N) is 1. The van der Waals surface area contributed by atoms with E-state index < -0.39 is 35.7 Å². The van der Waals surface area contributed by atoms with Crippen LogP contribution in [0.15, 0.2) is 36.4 Å². The van der Waals surface area contributed by atoms with Gasteiger partial charge in [0.15, 0.2) is 11.5 Å². The third-order valence-electron chi connectivity index (χ3n) is 4.90. The van der Waals surface area contributed by atoms with E-state index in [0.717, 1.165) is 4.90 Å². The minimum atomic E-state index is -1.40. The van der Waals surface area contributed by atoms with Crippen molar-refractivity contribution in [3.63, 3.8) is 0 Å². The molecule has 8 nitrogen and oxygen atoms in total. The zero-order chi connectivity index (χ0) is 21.5. The predicted octanol–water partition coefficient (Wildman–Crippen LogP) is 2.66. The fourth-order valence-corrected chi connectivity index (χ4v) is 3.51. The first-order valence-corrected chi connectivity index (χ1v) is 9.45. The molecule has 2 N–H and O–H groups in total. The molecule has 4 amide bonds. The van der Waals surface area contributed by atoms with Crippen molar-refractivity contribution in [1.29, 1.82) is 0 Å². The summed E-state index contributed by atoms with van der Waals surface area (Å²) in [5.41, 5.74) is -0.737. The number of fused-ring (bicyclic) bond motifs is 1. The van der Waals surface area contributed by atoms with Crippen molar-refractivity contribution in [3.8, 4) is 11.5 Å². The highest BCUT2D eigenvalue weighted by molar-refractivity contribution is 6.34. The van der Waals surface area contributed by atoms with Crippen LogP contribution in [-0.4, -0.2) is 42.5 Å². The van der Waals surface area contributed by atoms with Crippen molar-refractivity contribution in [2.75, 3.05) is 25.1 Å². The first kappa shape index (κ1) is 20.0. The lowest BCUT2D eigenvalue weighted by Crippen LogP contribution is -2.42. The molecule has 2 aromatic carbocycles. The molecule has 4 rings (SSSR count). The Bertz CT molecular complexity index is 1050. The fourth-order valence-electron chi connectivity index (χ4n) is 3.31. The first-order chi connectivity index (χ1) is 14.3. The monoisotopic (exact) mass is 433 g/mol. The van der Waals surface area contributed by atoms with E-state index in [1.807, 2.05) is 0 Å². The van der Waals surface area contributed by atoms with E-state index in [-0.39, 0.29) is 10.7 Å². The molecule has 2 aromatic rings. The highest BCUT2D eigenvalue weighted by Crippen LogP contribution is 2.38. The number of imide groups is 1. The van der Waals surface area contributed by atoms with Gasteiger partial charge in [-0.3, -0.25) is 14.5 Å². The lowest BCUT2D eigenvalue weighted by molar-refractivity contribution is -0.133. The number of amides is 4. The highest BCUT2D eigenvalue weighted by Gasteiger charge is 2.49. The van der Waals surface area contributed by atoms with Gasteiger partial charge in [0.05, 0.1) is 10.7 Å². The molecule has 30 heavy (non-hydrogen) atoms. The Labute approximate surface area is 175 Å². The second kappa shape index (κ2) is 7.49. The SMILES string of the molecule is CC1(c2ccc(F)cc2)NC(=O)N(CC(=O)Nc2cc3c(cc2Cl)OCCO3)C1=O. The number of hydrogen-bond acceptors (Lipinski definition) is 5. The number of rotatable bonds is 4. The minimum Gasteiger partial charge on any atom is -0.486 e. The number of nitrogens with one attached hydrogen (secondary N) is 2. The highest BCUT2D eigenvalue weighted by atomic mass is 35.5. The molecular weight excluding hydrogens is 417 g/mol. The van der Waals surface area contributed by atoms with Crippen LogP contribution in [0.1, 0.15) is 12.5 Å². The quantitative estimate of drug-likeness (QED) is 0.722. The van der Waals surface area contributed by atoms with Crippen LogP contribution in [0.5, 0.6) is 11.5 Å². The maximum Gasteiger partial charge on any atom is 0.325 e. The number of hydrogen-bond donors (Lipinski definition) is 2. The third-order valence-corrected chi connectivity index (χ3v) is 5.22. The number of urea groups is 1. The summed E-state index contributed by atoms with van der Waals surface area (Å²) in [6.07, 6.45) is 0. The molecule has 1 fully saturated rings. The summed E-state index contributed by atoms with van der Waals surface area (Å²) in [6.45, 7) is 1.74. The topological polar surface area (TPSA) is 97.0 Å². The van der Waals surface area contributed by atoms with E-state index in [1.54, 1.807) is 0 Å². The van der Waals surface area contributed by atoms with Gasteiger partial charge in [-0.05, 0) is 24.6 Å². The van der Waals surface area contributed by atoms with Crippen molar-refractivity contribution in [2.24, 2.45) is 0 Å².